The molecule has 2 unspecified atom stereocenters. The smallest absolute Gasteiger partial charge is 0.270 e. The van der Waals surface area contributed by atoms with Crippen molar-refractivity contribution in [2.24, 2.45) is 0 Å². The van der Waals surface area contributed by atoms with E-state index in [-0.39, 0.29) is 35.9 Å². The van der Waals surface area contributed by atoms with Crippen molar-refractivity contribution in [3.8, 4) is 0 Å². The summed E-state index contributed by atoms with van der Waals surface area (Å²) in [6.07, 6.45) is -0.370. The molecule has 3 rings (SSSR count). The molecule has 25 heavy (non-hydrogen) atoms. The average molecular weight is 362 g/mol. The standard InChI is InChI=1S/C17H18N2O5S/c1-13-12-24-17(14-6-3-2-4-7-14)11-18(13)25(22,23)16-9-5-8-15(10-16)19(20)21/h2-10,13,17H,11-12H2,1H3. The second-order valence-corrected chi connectivity index (χ2v) is 7.80. The van der Waals surface area contributed by atoms with Crippen molar-refractivity contribution in [1.82, 2.24) is 4.31 Å². The summed E-state index contributed by atoms with van der Waals surface area (Å²) in [6, 6.07) is 14.2. The lowest BCUT2D eigenvalue weighted by atomic mass is 10.1. The number of morpholine rings is 1. The summed E-state index contributed by atoms with van der Waals surface area (Å²) in [4.78, 5) is 10.3. The van der Waals surface area contributed by atoms with E-state index >= 15 is 0 Å². The molecule has 0 radical (unpaired) electrons. The minimum atomic E-state index is -3.86. The maximum atomic E-state index is 13.0. The SMILES string of the molecule is CC1COC(c2ccccc2)CN1S(=O)(=O)c1cccc([N+](=O)[O-])c1. The van der Waals surface area contributed by atoms with Gasteiger partial charge in [-0.1, -0.05) is 36.4 Å². The molecule has 1 saturated heterocycles. The lowest BCUT2D eigenvalue weighted by Gasteiger charge is -2.37. The largest absolute Gasteiger partial charge is 0.370 e. The van der Waals surface area contributed by atoms with Crippen LogP contribution < -0.4 is 0 Å². The Morgan fingerprint density at radius 1 is 1.16 bits per heavy atom. The van der Waals surface area contributed by atoms with Gasteiger partial charge in [0.2, 0.25) is 10.0 Å². The summed E-state index contributed by atoms with van der Waals surface area (Å²) in [5, 5.41) is 10.9. The summed E-state index contributed by atoms with van der Waals surface area (Å²) in [5.41, 5.74) is 0.648. The Bertz CT molecular complexity index is 870. The van der Waals surface area contributed by atoms with Gasteiger partial charge in [-0.3, -0.25) is 10.1 Å². The van der Waals surface area contributed by atoms with E-state index in [0.717, 1.165) is 11.6 Å². The van der Waals surface area contributed by atoms with Gasteiger partial charge < -0.3 is 4.74 Å². The van der Waals surface area contributed by atoms with Crippen molar-refractivity contribution < 1.29 is 18.1 Å². The predicted molar refractivity (Wildman–Crippen MR) is 91.6 cm³/mol. The molecule has 1 heterocycles. The number of rotatable bonds is 4. The van der Waals surface area contributed by atoms with Gasteiger partial charge in [0.05, 0.1) is 22.5 Å². The molecule has 1 fully saturated rings. The van der Waals surface area contributed by atoms with Crippen molar-refractivity contribution in [2.45, 2.75) is 24.0 Å². The second kappa shape index (κ2) is 6.91. The molecule has 2 aromatic carbocycles. The zero-order valence-corrected chi connectivity index (χ0v) is 14.4. The fraction of sp³-hybridized carbons (Fsp3) is 0.294. The number of hydrogen-bond acceptors (Lipinski definition) is 5. The third kappa shape index (κ3) is 3.55. The van der Waals surface area contributed by atoms with Gasteiger partial charge >= 0.3 is 0 Å². The third-order valence-corrected chi connectivity index (χ3v) is 6.16. The van der Waals surface area contributed by atoms with Crippen molar-refractivity contribution in [2.75, 3.05) is 13.2 Å². The second-order valence-electron chi connectivity index (χ2n) is 5.91. The Balaban J connectivity index is 1.92. The molecule has 1 aliphatic heterocycles. The highest BCUT2D eigenvalue weighted by atomic mass is 32.2. The molecule has 2 aromatic rings. The summed E-state index contributed by atoms with van der Waals surface area (Å²) in [6.45, 7) is 2.18. The molecule has 8 heteroatoms. The number of nitrogens with zero attached hydrogens (tertiary/aromatic N) is 2. The Morgan fingerprint density at radius 2 is 1.88 bits per heavy atom. The molecule has 1 aliphatic rings. The van der Waals surface area contributed by atoms with Gasteiger partial charge in [-0.2, -0.15) is 4.31 Å². The van der Waals surface area contributed by atoms with E-state index in [4.69, 9.17) is 4.74 Å². The van der Waals surface area contributed by atoms with E-state index in [1.807, 2.05) is 30.3 Å². The van der Waals surface area contributed by atoms with Crippen LogP contribution in [0, 0.1) is 10.1 Å². The normalized spacial score (nSPS) is 21.8. The fourth-order valence-electron chi connectivity index (χ4n) is 2.83. The summed E-state index contributed by atoms with van der Waals surface area (Å²) < 4.78 is 33.1. The first-order valence-electron chi connectivity index (χ1n) is 7.82. The monoisotopic (exact) mass is 362 g/mol. The van der Waals surface area contributed by atoms with Crippen LogP contribution >= 0.6 is 0 Å². The molecule has 0 bridgehead atoms. The van der Waals surface area contributed by atoms with Crippen molar-refractivity contribution in [1.29, 1.82) is 0 Å². The van der Waals surface area contributed by atoms with E-state index in [9.17, 15) is 18.5 Å². The Morgan fingerprint density at radius 3 is 2.56 bits per heavy atom. The van der Waals surface area contributed by atoms with E-state index in [2.05, 4.69) is 0 Å². The highest BCUT2D eigenvalue weighted by molar-refractivity contribution is 7.89. The van der Waals surface area contributed by atoms with Gasteiger partial charge in [-0.15, -0.1) is 0 Å². The van der Waals surface area contributed by atoms with Crippen LogP contribution in [0.4, 0.5) is 5.69 Å². The number of non-ortho nitro benzene ring substituents is 1. The first-order chi connectivity index (χ1) is 11.9. The van der Waals surface area contributed by atoms with Gasteiger partial charge in [0.25, 0.3) is 5.69 Å². The van der Waals surface area contributed by atoms with Gasteiger partial charge in [0.15, 0.2) is 0 Å². The first-order valence-corrected chi connectivity index (χ1v) is 9.26. The van der Waals surface area contributed by atoms with Crippen LogP contribution in [-0.4, -0.2) is 36.8 Å². The topological polar surface area (TPSA) is 89.8 Å². The minimum Gasteiger partial charge on any atom is -0.370 e. The van der Waals surface area contributed by atoms with Crippen molar-refractivity contribution >= 4 is 15.7 Å². The van der Waals surface area contributed by atoms with E-state index in [0.29, 0.717) is 0 Å². The molecule has 7 nitrogen and oxygen atoms in total. The van der Waals surface area contributed by atoms with Crippen LogP contribution in [0.5, 0.6) is 0 Å². The Labute approximate surface area is 146 Å². The minimum absolute atomic E-state index is 0.0812. The highest BCUT2D eigenvalue weighted by Crippen LogP contribution is 2.30. The van der Waals surface area contributed by atoms with Crippen LogP contribution in [0.15, 0.2) is 59.5 Å². The van der Waals surface area contributed by atoms with Crippen LogP contribution in [0.25, 0.3) is 0 Å². The molecule has 0 N–H and O–H groups in total. The average Bonchev–Trinajstić information content (AvgIpc) is 2.63. The number of nitro benzene ring substituents is 1. The van der Waals surface area contributed by atoms with Crippen molar-refractivity contribution in [3.63, 3.8) is 0 Å². The molecule has 0 amide bonds. The third-order valence-electron chi connectivity index (χ3n) is 4.18. The first kappa shape index (κ1) is 17.5. The maximum Gasteiger partial charge on any atom is 0.270 e. The quantitative estimate of drug-likeness (QED) is 0.616. The number of sulfonamides is 1. The maximum absolute atomic E-state index is 13.0. The van der Waals surface area contributed by atoms with Crippen LogP contribution in [0.1, 0.15) is 18.6 Å². The van der Waals surface area contributed by atoms with Crippen LogP contribution in [0.3, 0.4) is 0 Å². The van der Waals surface area contributed by atoms with E-state index < -0.39 is 14.9 Å². The molecular formula is C17H18N2O5S. The number of hydrogen-bond donors (Lipinski definition) is 0. The van der Waals surface area contributed by atoms with E-state index in [1.54, 1.807) is 6.92 Å². The fourth-order valence-corrected chi connectivity index (χ4v) is 4.49. The molecule has 132 valence electrons. The molecule has 0 saturated carbocycles. The molecule has 0 aromatic heterocycles. The predicted octanol–water partition coefficient (Wildman–Crippen LogP) is 2.75. The summed E-state index contributed by atoms with van der Waals surface area (Å²) in [5.74, 6) is 0. The molecule has 2 atom stereocenters. The van der Waals surface area contributed by atoms with Crippen LogP contribution in [-0.2, 0) is 14.8 Å². The lowest BCUT2D eigenvalue weighted by Crippen LogP contribution is -2.48. The zero-order valence-electron chi connectivity index (χ0n) is 13.6. The van der Waals surface area contributed by atoms with E-state index in [1.165, 1.54) is 22.5 Å². The number of nitro groups is 1. The summed E-state index contributed by atoms with van der Waals surface area (Å²) >= 11 is 0. The molecule has 0 aliphatic carbocycles. The molecular weight excluding hydrogens is 344 g/mol. The Kier molecular flexibility index (Phi) is 4.85. The van der Waals surface area contributed by atoms with Crippen LogP contribution in [0.2, 0.25) is 0 Å². The summed E-state index contributed by atoms with van der Waals surface area (Å²) in [7, 11) is -3.86. The van der Waals surface area contributed by atoms with Gasteiger partial charge in [0, 0.05) is 24.7 Å². The number of ether oxygens (including phenoxy) is 1. The Hall–Kier alpha value is -2.29. The number of benzene rings is 2. The van der Waals surface area contributed by atoms with Gasteiger partial charge in [-0.25, -0.2) is 8.42 Å². The van der Waals surface area contributed by atoms with Gasteiger partial charge in [-0.05, 0) is 18.6 Å². The lowest BCUT2D eigenvalue weighted by molar-refractivity contribution is -0.385. The zero-order chi connectivity index (χ0) is 18.0. The molecule has 0 spiro atoms. The highest BCUT2D eigenvalue weighted by Gasteiger charge is 2.36. The van der Waals surface area contributed by atoms with Gasteiger partial charge in [0.1, 0.15) is 0 Å². The van der Waals surface area contributed by atoms with Crippen molar-refractivity contribution in [3.05, 3.63) is 70.3 Å².